The smallest absolute Gasteiger partial charge is 0.333 e. The lowest BCUT2D eigenvalue weighted by Crippen LogP contribution is -2.62. The van der Waals surface area contributed by atoms with Gasteiger partial charge in [0, 0.05) is 18.9 Å². The van der Waals surface area contributed by atoms with Crippen molar-refractivity contribution in [3.63, 3.8) is 0 Å². The highest BCUT2D eigenvalue weighted by Gasteiger charge is 2.85. The molecule has 0 saturated heterocycles. The minimum atomic E-state index is -6.86. The summed E-state index contributed by atoms with van der Waals surface area (Å²) >= 11 is 0. The van der Waals surface area contributed by atoms with Crippen molar-refractivity contribution in [2.75, 3.05) is 0 Å². The molecule has 0 radical (unpaired) electrons. The average Bonchev–Trinajstić information content (AvgIpc) is 2.86. The van der Waals surface area contributed by atoms with Crippen LogP contribution >= 0.6 is 0 Å². The van der Waals surface area contributed by atoms with Gasteiger partial charge in [-0.3, -0.25) is 4.79 Å². The number of ketones is 1. The third-order valence-electron chi connectivity index (χ3n) is 3.21. The number of hydrogen-bond acceptors (Lipinski definition) is 3. The summed E-state index contributed by atoms with van der Waals surface area (Å²) in [5.74, 6) is -16.6. The number of Topliss-reactive ketones (excluding diaryl/α,β-unsaturated/α-hetero) is 1. The zero-order valence-electron chi connectivity index (χ0n) is 12.4. The Balaban J connectivity index is 3.33. The second-order valence-corrected chi connectivity index (χ2v) is 4.86. The van der Waals surface area contributed by atoms with Crippen LogP contribution in [0.3, 0.4) is 0 Å². The van der Waals surface area contributed by atoms with Gasteiger partial charge in [0.05, 0.1) is 5.69 Å². The quantitative estimate of drug-likeness (QED) is 0.329. The van der Waals surface area contributed by atoms with Gasteiger partial charge < -0.3 is 4.57 Å². The van der Waals surface area contributed by atoms with Crippen LogP contribution in [0, 0.1) is 4.91 Å². The Morgan fingerprint density at radius 1 is 1.04 bits per heavy atom. The average molecular weight is 381 g/mol. The van der Waals surface area contributed by atoms with Crippen molar-refractivity contribution >= 4 is 11.7 Å². The molecule has 1 rings (SSSR count). The Kier molecular flexibility index (Phi) is 5.12. The van der Waals surface area contributed by atoms with Gasteiger partial charge >= 0.3 is 30.2 Å². The number of carbonyl (C=O) groups excluding carboxylic acids is 2. The number of hydrogen-bond donors (Lipinski definition) is 0. The number of rotatable bonds is 6. The highest BCUT2D eigenvalue weighted by molar-refractivity contribution is 5.95. The predicted octanol–water partition coefficient (Wildman–Crippen LogP) is 3.28. The summed E-state index contributed by atoms with van der Waals surface area (Å²) in [5, 5.41) is 0. The monoisotopic (exact) mass is 381 g/mol. The zero-order valence-corrected chi connectivity index (χ0v) is 12.4. The van der Waals surface area contributed by atoms with Crippen LogP contribution in [0.4, 0.5) is 35.1 Å². The number of nitroso groups, excluding NO2 is 1. The molecule has 1 heterocycles. The summed E-state index contributed by atoms with van der Waals surface area (Å²) in [6, 6.07) is -4.98. The Hall–Kier alpha value is -2.34. The van der Waals surface area contributed by atoms with E-state index >= 15 is 0 Å². The Bertz CT molecular complexity index is 726. The zero-order chi connectivity index (χ0) is 20.0. The Morgan fingerprint density at radius 3 is 1.84 bits per heavy atom. The van der Waals surface area contributed by atoms with Gasteiger partial charge in [-0.25, -0.2) is 13.6 Å². The predicted molar refractivity (Wildman–Crippen MR) is 64.2 cm³/mol. The Labute approximate surface area is 133 Å². The molecular formula is C12H9F8N2O3+. The van der Waals surface area contributed by atoms with E-state index in [1.807, 2.05) is 0 Å². The largest absolute Gasteiger partial charge is 0.582 e. The van der Waals surface area contributed by atoms with E-state index < -0.39 is 46.5 Å². The lowest BCUT2D eigenvalue weighted by Gasteiger charge is -2.25. The molecule has 0 unspecified atom stereocenters. The van der Waals surface area contributed by atoms with Crippen molar-refractivity contribution in [3.05, 3.63) is 28.4 Å². The molecule has 1 aromatic rings. The molecule has 1 amide bonds. The minimum absolute atomic E-state index is 0.287. The normalized spacial score (nSPS) is 13.2. The molecule has 5 nitrogen and oxygen atoms in total. The van der Waals surface area contributed by atoms with E-state index in [1.165, 1.54) is 0 Å². The third kappa shape index (κ3) is 3.02. The van der Waals surface area contributed by atoms with Crippen LogP contribution in [0.25, 0.3) is 0 Å². The fraction of sp³-hybridized carbons (Fsp3) is 0.500. The van der Waals surface area contributed by atoms with Gasteiger partial charge in [-0.15, -0.1) is 8.78 Å². The van der Waals surface area contributed by atoms with Gasteiger partial charge in [-0.1, -0.05) is 0 Å². The van der Waals surface area contributed by atoms with Crippen LogP contribution in [-0.4, -0.2) is 45.3 Å². The summed E-state index contributed by atoms with van der Waals surface area (Å²) in [6.07, 6.45) is -5.23. The molecule has 0 aromatic carbocycles. The van der Waals surface area contributed by atoms with Crippen LogP contribution in [0.1, 0.15) is 27.9 Å². The number of amides is 1. The standard InChI is InChI=1S/C12H9F8N2O3/c1-5(23)6-3-4-7(21(6)2)8(24)22(25)12(19,20)11(17,18)10(15,16)9(13)14/h3-4,9H,1-2H3/q+1. The SMILES string of the molecule is CC(=O)c1ccc(C(=O)[N+](=O)C(F)(F)C(F)(F)C(F)(F)C(F)F)n1C. The summed E-state index contributed by atoms with van der Waals surface area (Å²) in [6.45, 7) is 0.991. The van der Waals surface area contributed by atoms with Gasteiger partial charge in [0.1, 0.15) is 0 Å². The first kappa shape index (κ1) is 20.7. The third-order valence-corrected chi connectivity index (χ3v) is 3.21. The van der Waals surface area contributed by atoms with Gasteiger partial charge in [0.2, 0.25) is 0 Å². The van der Waals surface area contributed by atoms with E-state index in [9.17, 15) is 49.6 Å². The van der Waals surface area contributed by atoms with Crippen LogP contribution in [0.2, 0.25) is 0 Å². The molecule has 25 heavy (non-hydrogen) atoms. The molecule has 0 bridgehead atoms. The molecule has 0 aliphatic heterocycles. The molecule has 0 fully saturated rings. The molecule has 1 aromatic heterocycles. The highest BCUT2D eigenvalue weighted by Crippen LogP contribution is 2.48. The van der Waals surface area contributed by atoms with Crippen molar-refractivity contribution in [1.29, 1.82) is 0 Å². The molecule has 13 heteroatoms. The highest BCUT2D eigenvalue weighted by atomic mass is 19.4. The summed E-state index contributed by atoms with van der Waals surface area (Å²) in [4.78, 5) is 34.1. The van der Waals surface area contributed by atoms with Gasteiger partial charge in [-0.05, 0) is 12.1 Å². The summed E-state index contributed by atoms with van der Waals surface area (Å²) in [5.41, 5.74) is -1.30. The Morgan fingerprint density at radius 2 is 1.48 bits per heavy atom. The van der Waals surface area contributed by atoms with Crippen LogP contribution < -0.4 is 0 Å². The van der Waals surface area contributed by atoms with E-state index in [4.69, 9.17) is 0 Å². The fourth-order valence-corrected chi connectivity index (χ4v) is 1.78. The molecule has 0 spiro atoms. The first-order valence-corrected chi connectivity index (χ1v) is 6.20. The lowest BCUT2D eigenvalue weighted by atomic mass is 10.1. The first-order chi connectivity index (χ1) is 11.1. The molecule has 0 saturated carbocycles. The van der Waals surface area contributed by atoms with Crippen molar-refractivity contribution in [2.45, 2.75) is 31.2 Å². The maximum atomic E-state index is 13.4. The molecule has 0 N–H and O–H groups in total. The summed E-state index contributed by atoms with van der Waals surface area (Å²) in [7, 11) is 0.932. The van der Waals surface area contributed by atoms with E-state index in [2.05, 4.69) is 0 Å². The van der Waals surface area contributed by atoms with Crippen LogP contribution in [-0.2, 0) is 7.05 Å². The van der Waals surface area contributed by atoms with E-state index in [-0.39, 0.29) is 5.69 Å². The van der Waals surface area contributed by atoms with Crippen LogP contribution in [0.15, 0.2) is 12.1 Å². The molecule has 0 aliphatic rings. The number of aromatic nitrogens is 1. The number of carbonyl (C=O) groups is 2. The second-order valence-electron chi connectivity index (χ2n) is 4.86. The topological polar surface area (TPSA) is 59.1 Å². The number of nitrogens with zero attached hydrogens (tertiary/aromatic N) is 2. The van der Waals surface area contributed by atoms with Crippen molar-refractivity contribution in [3.8, 4) is 0 Å². The van der Waals surface area contributed by atoms with Crippen molar-refractivity contribution < 1.29 is 49.5 Å². The fourth-order valence-electron chi connectivity index (χ4n) is 1.78. The molecule has 0 atom stereocenters. The van der Waals surface area contributed by atoms with Crippen LogP contribution in [0.5, 0.6) is 0 Å². The maximum absolute atomic E-state index is 13.4. The second kappa shape index (κ2) is 6.19. The van der Waals surface area contributed by atoms with Gasteiger partial charge in [-0.2, -0.15) is 17.6 Å². The molecule has 140 valence electrons. The minimum Gasteiger partial charge on any atom is -0.333 e. The van der Waals surface area contributed by atoms with E-state index in [0.717, 1.165) is 20.0 Å². The number of halogens is 8. The van der Waals surface area contributed by atoms with Crippen molar-refractivity contribution in [1.82, 2.24) is 4.57 Å². The van der Waals surface area contributed by atoms with Gasteiger partial charge in [0.25, 0.3) is 0 Å². The van der Waals surface area contributed by atoms with E-state index in [1.54, 1.807) is 0 Å². The molecule has 0 aliphatic carbocycles. The maximum Gasteiger partial charge on any atom is 0.582 e. The lowest BCUT2D eigenvalue weighted by molar-refractivity contribution is -0.663. The summed E-state index contributed by atoms with van der Waals surface area (Å²) < 4.78 is 101. The molecular weight excluding hydrogens is 372 g/mol. The van der Waals surface area contributed by atoms with Crippen molar-refractivity contribution in [2.24, 2.45) is 7.05 Å². The number of alkyl halides is 8. The van der Waals surface area contributed by atoms with Gasteiger partial charge in [0.15, 0.2) is 16.2 Å². The van der Waals surface area contributed by atoms with E-state index in [0.29, 0.717) is 10.6 Å². The first-order valence-electron chi connectivity index (χ1n) is 6.20.